The largest absolute Gasteiger partial charge is 0.439 e. The highest BCUT2D eigenvalue weighted by Crippen LogP contribution is 2.25. The van der Waals surface area contributed by atoms with Crippen molar-refractivity contribution in [3.63, 3.8) is 0 Å². The molecule has 0 bridgehead atoms. The van der Waals surface area contributed by atoms with Gasteiger partial charge >= 0.3 is 0 Å². The van der Waals surface area contributed by atoms with Crippen LogP contribution in [0.5, 0.6) is 11.6 Å². The number of hydrogen-bond acceptors (Lipinski definition) is 5. The fourth-order valence-corrected chi connectivity index (χ4v) is 3.49. The Kier molecular flexibility index (Phi) is 6.07. The quantitative estimate of drug-likeness (QED) is 0.604. The minimum absolute atomic E-state index is 0.172. The summed E-state index contributed by atoms with van der Waals surface area (Å²) in [6.07, 6.45) is 1.59. The number of nitrogens with zero attached hydrogens (tertiary/aromatic N) is 2. The molecule has 1 saturated heterocycles. The van der Waals surface area contributed by atoms with Crippen LogP contribution in [0.25, 0.3) is 0 Å². The number of morpholine rings is 1. The van der Waals surface area contributed by atoms with Gasteiger partial charge in [-0.05, 0) is 36.4 Å². The zero-order chi connectivity index (χ0) is 20.1. The summed E-state index contributed by atoms with van der Waals surface area (Å²) in [5.41, 5.74) is 2.15. The van der Waals surface area contributed by atoms with E-state index in [1.54, 1.807) is 18.3 Å². The Bertz CT molecular complexity index is 989. The zero-order valence-corrected chi connectivity index (χ0v) is 17.3. The van der Waals surface area contributed by atoms with Gasteiger partial charge in [0, 0.05) is 29.3 Å². The molecule has 0 saturated carbocycles. The van der Waals surface area contributed by atoms with Crippen LogP contribution in [0, 0.1) is 0 Å². The number of carbonyl (C=O) groups is 1. The highest BCUT2D eigenvalue weighted by atomic mass is 79.9. The third-order valence-corrected chi connectivity index (χ3v) is 5.01. The van der Waals surface area contributed by atoms with E-state index in [1.165, 1.54) is 0 Å². The molecule has 1 aliphatic heterocycles. The van der Waals surface area contributed by atoms with Gasteiger partial charge < -0.3 is 19.7 Å². The number of ether oxygens (including phenoxy) is 2. The normalized spacial score (nSPS) is 13.8. The maximum atomic E-state index is 12.9. The number of nitrogens with one attached hydrogen (secondary N) is 1. The lowest BCUT2D eigenvalue weighted by molar-refractivity contribution is 0.102. The molecule has 1 fully saturated rings. The van der Waals surface area contributed by atoms with Crippen LogP contribution in [0.15, 0.2) is 71.3 Å². The van der Waals surface area contributed by atoms with E-state index in [2.05, 4.69) is 31.1 Å². The van der Waals surface area contributed by atoms with Crippen LogP contribution in [0.2, 0.25) is 0 Å². The molecule has 1 amide bonds. The first-order valence-corrected chi connectivity index (χ1v) is 10.1. The standard InChI is InChI=1S/C22H20BrN3O3/c23-16-4-3-5-18(14-16)29-21-9-8-17(15-24-21)25-22(27)19-6-1-2-7-20(19)26-10-12-28-13-11-26/h1-9,14-15H,10-13H2,(H,25,27). The number of para-hydroxylation sites is 1. The smallest absolute Gasteiger partial charge is 0.257 e. The van der Waals surface area contributed by atoms with Crippen molar-refractivity contribution in [2.45, 2.75) is 0 Å². The monoisotopic (exact) mass is 453 g/mol. The summed E-state index contributed by atoms with van der Waals surface area (Å²) in [7, 11) is 0. The molecule has 148 valence electrons. The summed E-state index contributed by atoms with van der Waals surface area (Å²) in [6, 6.07) is 18.6. The molecule has 0 radical (unpaired) electrons. The van der Waals surface area contributed by atoms with Crippen molar-refractivity contribution in [3.05, 3.63) is 76.9 Å². The van der Waals surface area contributed by atoms with Gasteiger partial charge in [0.25, 0.3) is 5.91 Å². The first kappa shape index (κ1) is 19.4. The third kappa shape index (κ3) is 4.93. The second kappa shape index (κ2) is 9.07. The van der Waals surface area contributed by atoms with Crippen molar-refractivity contribution in [1.82, 2.24) is 4.98 Å². The SMILES string of the molecule is O=C(Nc1ccc(Oc2cccc(Br)c2)nc1)c1ccccc1N1CCOCC1. The molecule has 29 heavy (non-hydrogen) atoms. The Labute approximate surface area is 177 Å². The lowest BCUT2D eigenvalue weighted by Crippen LogP contribution is -2.37. The number of rotatable bonds is 5. The van der Waals surface area contributed by atoms with Gasteiger partial charge in [-0.15, -0.1) is 0 Å². The van der Waals surface area contributed by atoms with Crippen molar-refractivity contribution in [2.75, 3.05) is 36.5 Å². The molecule has 0 aliphatic carbocycles. The van der Waals surface area contributed by atoms with E-state index in [4.69, 9.17) is 9.47 Å². The van der Waals surface area contributed by atoms with E-state index in [1.807, 2.05) is 48.5 Å². The number of benzene rings is 2. The van der Waals surface area contributed by atoms with Crippen LogP contribution in [0.3, 0.4) is 0 Å². The number of anilines is 2. The molecule has 3 aromatic rings. The molecule has 1 aromatic heterocycles. The van der Waals surface area contributed by atoms with Crippen LogP contribution in [0.4, 0.5) is 11.4 Å². The Morgan fingerprint density at radius 1 is 1.07 bits per heavy atom. The molecule has 1 aliphatic rings. The van der Waals surface area contributed by atoms with Crippen molar-refractivity contribution in [3.8, 4) is 11.6 Å². The van der Waals surface area contributed by atoms with Crippen molar-refractivity contribution < 1.29 is 14.3 Å². The molecule has 7 heteroatoms. The maximum absolute atomic E-state index is 12.9. The van der Waals surface area contributed by atoms with Crippen LogP contribution in [-0.4, -0.2) is 37.2 Å². The minimum atomic E-state index is -0.172. The predicted molar refractivity (Wildman–Crippen MR) is 116 cm³/mol. The first-order chi connectivity index (χ1) is 14.2. The Balaban J connectivity index is 1.45. The van der Waals surface area contributed by atoms with E-state index in [0.29, 0.717) is 36.1 Å². The van der Waals surface area contributed by atoms with E-state index in [-0.39, 0.29) is 5.91 Å². The minimum Gasteiger partial charge on any atom is -0.439 e. The van der Waals surface area contributed by atoms with Crippen molar-refractivity contribution in [1.29, 1.82) is 0 Å². The van der Waals surface area contributed by atoms with Gasteiger partial charge in [0.2, 0.25) is 5.88 Å². The number of amides is 1. The molecule has 1 N–H and O–H groups in total. The Morgan fingerprint density at radius 3 is 2.66 bits per heavy atom. The first-order valence-electron chi connectivity index (χ1n) is 9.31. The molecule has 4 rings (SSSR count). The Morgan fingerprint density at radius 2 is 1.90 bits per heavy atom. The summed E-state index contributed by atoms with van der Waals surface area (Å²) >= 11 is 3.41. The molecule has 2 aromatic carbocycles. The fraction of sp³-hybridized carbons (Fsp3) is 0.182. The van der Waals surface area contributed by atoms with Gasteiger partial charge in [-0.3, -0.25) is 4.79 Å². The zero-order valence-electron chi connectivity index (χ0n) is 15.7. The van der Waals surface area contributed by atoms with E-state index < -0.39 is 0 Å². The summed E-state index contributed by atoms with van der Waals surface area (Å²) in [5, 5.41) is 2.92. The maximum Gasteiger partial charge on any atom is 0.257 e. The summed E-state index contributed by atoms with van der Waals surface area (Å²) in [6.45, 7) is 2.87. The lowest BCUT2D eigenvalue weighted by atomic mass is 10.1. The molecule has 0 atom stereocenters. The number of pyridine rings is 1. The number of carbonyl (C=O) groups excluding carboxylic acids is 1. The van der Waals surface area contributed by atoms with Gasteiger partial charge in [-0.1, -0.05) is 34.1 Å². The van der Waals surface area contributed by atoms with Crippen LogP contribution >= 0.6 is 15.9 Å². The Hall–Kier alpha value is -2.90. The van der Waals surface area contributed by atoms with Crippen LogP contribution in [-0.2, 0) is 4.74 Å². The average molecular weight is 454 g/mol. The number of aromatic nitrogens is 1. The van der Waals surface area contributed by atoms with E-state index in [0.717, 1.165) is 23.2 Å². The number of halogens is 1. The molecular formula is C22H20BrN3O3. The summed E-state index contributed by atoms with van der Waals surface area (Å²) in [5.74, 6) is 0.965. The van der Waals surface area contributed by atoms with Gasteiger partial charge in [-0.25, -0.2) is 4.98 Å². The van der Waals surface area contributed by atoms with E-state index >= 15 is 0 Å². The molecular weight excluding hydrogens is 434 g/mol. The molecule has 0 unspecified atom stereocenters. The van der Waals surface area contributed by atoms with Gasteiger partial charge in [-0.2, -0.15) is 0 Å². The summed E-state index contributed by atoms with van der Waals surface area (Å²) < 4.78 is 12.1. The average Bonchev–Trinajstić information content (AvgIpc) is 2.76. The second-order valence-electron chi connectivity index (χ2n) is 6.52. The summed E-state index contributed by atoms with van der Waals surface area (Å²) in [4.78, 5) is 19.3. The van der Waals surface area contributed by atoms with Crippen LogP contribution < -0.4 is 15.0 Å². The van der Waals surface area contributed by atoms with Gasteiger partial charge in [0.15, 0.2) is 0 Å². The second-order valence-corrected chi connectivity index (χ2v) is 7.43. The molecule has 6 nitrogen and oxygen atoms in total. The predicted octanol–water partition coefficient (Wildman–Crippen LogP) is 4.73. The fourth-order valence-electron chi connectivity index (χ4n) is 3.11. The van der Waals surface area contributed by atoms with Crippen LogP contribution in [0.1, 0.15) is 10.4 Å². The lowest BCUT2D eigenvalue weighted by Gasteiger charge is -2.30. The van der Waals surface area contributed by atoms with E-state index in [9.17, 15) is 4.79 Å². The van der Waals surface area contributed by atoms with Gasteiger partial charge in [0.1, 0.15) is 5.75 Å². The third-order valence-electron chi connectivity index (χ3n) is 4.51. The molecule has 0 spiro atoms. The molecule has 2 heterocycles. The number of hydrogen-bond donors (Lipinski definition) is 1. The highest BCUT2D eigenvalue weighted by molar-refractivity contribution is 9.10. The van der Waals surface area contributed by atoms with Crippen molar-refractivity contribution in [2.24, 2.45) is 0 Å². The van der Waals surface area contributed by atoms with Crippen molar-refractivity contribution >= 4 is 33.2 Å². The highest BCUT2D eigenvalue weighted by Gasteiger charge is 2.18. The van der Waals surface area contributed by atoms with Gasteiger partial charge in [0.05, 0.1) is 30.7 Å². The topological polar surface area (TPSA) is 63.7 Å².